The SMILES string of the molecule is O=C(O)CN1C(=O)/C(=C\c2sc(-c3ccc4nc5ccc(-c6sc(/C=C7/SC(S)N(CC(=O)O)C7=O)c7c6OCCO7)cc5c(-c5ccccc5)c4c3)c3c2OCCO3)SC1=S. The molecular weight excluding hydrogens is 911 g/mol. The molecule has 10 rings (SSSR count). The second-order valence-corrected chi connectivity index (χ2v) is 19.8. The van der Waals surface area contributed by atoms with Crippen molar-refractivity contribution < 1.29 is 48.3 Å². The summed E-state index contributed by atoms with van der Waals surface area (Å²) in [5, 5.41) is 20.5. The Hall–Kier alpha value is -5.57. The van der Waals surface area contributed by atoms with Gasteiger partial charge in [0.1, 0.15) is 48.5 Å². The van der Waals surface area contributed by atoms with Crippen molar-refractivity contribution in [3.63, 3.8) is 0 Å². The summed E-state index contributed by atoms with van der Waals surface area (Å²) in [4.78, 5) is 60.3. The second-order valence-electron chi connectivity index (χ2n) is 14.1. The number of aromatic nitrogens is 1. The van der Waals surface area contributed by atoms with E-state index in [9.17, 15) is 29.4 Å². The number of fused-ring (bicyclic) bond motifs is 4. The molecular formula is C43H29N3O10S6. The molecule has 1 atom stereocenters. The van der Waals surface area contributed by atoms with E-state index in [1.807, 2.05) is 42.5 Å². The summed E-state index contributed by atoms with van der Waals surface area (Å²) in [5.74, 6) is -1.03. The van der Waals surface area contributed by atoms with Crippen LogP contribution in [-0.2, 0) is 19.2 Å². The van der Waals surface area contributed by atoms with Crippen LogP contribution in [0.15, 0.2) is 76.5 Å². The fraction of sp³-hybridized carbons (Fsp3) is 0.163. The minimum atomic E-state index is -1.16. The molecule has 3 aromatic carbocycles. The number of thiocarbonyl (C=S) groups is 1. The van der Waals surface area contributed by atoms with E-state index in [4.69, 9.17) is 36.1 Å². The second kappa shape index (κ2) is 16.3. The van der Waals surface area contributed by atoms with Crippen molar-refractivity contribution in [2.75, 3.05) is 39.5 Å². The molecule has 4 aliphatic heterocycles. The summed E-state index contributed by atoms with van der Waals surface area (Å²) in [6.07, 6.45) is 3.41. The largest absolute Gasteiger partial charge is 0.485 e. The number of carbonyl (C=O) groups excluding carboxylic acids is 2. The van der Waals surface area contributed by atoms with Crippen LogP contribution >= 0.6 is 71.0 Å². The van der Waals surface area contributed by atoms with Crippen molar-refractivity contribution in [3.05, 3.63) is 86.3 Å². The van der Waals surface area contributed by atoms with Crippen LogP contribution in [0.4, 0.5) is 0 Å². The summed E-state index contributed by atoms with van der Waals surface area (Å²) in [5.41, 5.74) is 5.17. The highest BCUT2D eigenvalue weighted by Gasteiger charge is 2.37. The number of thioether (sulfide) groups is 2. The molecule has 0 radical (unpaired) electrons. The van der Waals surface area contributed by atoms with Gasteiger partial charge in [-0.1, -0.05) is 78.2 Å². The Labute approximate surface area is 379 Å². The van der Waals surface area contributed by atoms with E-state index in [1.165, 1.54) is 39.3 Å². The number of pyridine rings is 1. The van der Waals surface area contributed by atoms with Crippen LogP contribution in [0.3, 0.4) is 0 Å². The number of rotatable bonds is 9. The van der Waals surface area contributed by atoms with Crippen LogP contribution in [0, 0.1) is 0 Å². The molecule has 0 spiro atoms. The maximum atomic E-state index is 13.2. The number of hydrogen-bond acceptors (Lipinski definition) is 15. The predicted molar refractivity (Wildman–Crippen MR) is 248 cm³/mol. The van der Waals surface area contributed by atoms with Gasteiger partial charge in [0.05, 0.1) is 40.4 Å². The molecule has 312 valence electrons. The van der Waals surface area contributed by atoms with Crippen molar-refractivity contribution in [2.24, 2.45) is 0 Å². The van der Waals surface area contributed by atoms with E-state index in [1.54, 1.807) is 12.2 Å². The Kier molecular flexibility index (Phi) is 10.6. The maximum Gasteiger partial charge on any atom is 0.323 e. The number of ether oxygens (including phenoxy) is 4. The zero-order valence-electron chi connectivity index (χ0n) is 31.8. The third-order valence-electron chi connectivity index (χ3n) is 10.2. The van der Waals surface area contributed by atoms with E-state index in [-0.39, 0.29) is 4.32 Å². The Morgan fingerprint density at radius 1 is 0.726 bits per heavy atom. The number of carbonyl (C=O) groups is 4. The van der Waals surface area contributed by atoms with Gasteiger partial charge in [0.15, 0.2) is 23.0 Å². The van der Waals surface area contributed by atoms with Gasteiger partial charge < -0.3 is 34.1 Å². The molecule has 62 heavy (non-hydrogen) atoms. The van der Waals surface area contributed by atoms with Gasteiger partial charge in [0, 0.05) is 16.3 Å². The third-order valence-corrected chi connectivity index (χ3v) is 15.5. The molecule has 4 aliphatic rings. The molecule has 2 fully saturated rings. The fourth-order valence-electron chi connectivity index (χ4n) is 7.53. The van der Waals surface area contributed by atoms with E-state index >= 15 is 0 Å². The number of carboxylic acid groups (broad SMARTS) is 2. The summed E-state index contributed by atoms with van der Waals surface area (Å²) < 4.78 is 24.2. The molecule has 1 unspecified atom stereocenters. The number of amides is 2. The zero-order chi connectivity index (χ0) is 42.8. The number of nitrogens with zero attached hydrogens (tertiary/aromatic N) is 3. The molecule has 2 N–H and O–H groups in total. The normalized spacial score (nSPS) is 18.5. The Balaban J connectivity index is 1.09. The minimum Gasteiger partial charge on any atom is -0.485 e. The number of thiophene rings is 2. The smallest absolute Gasteiger partial charge is 0.323 e. The topological polar surface area (TPSA) is 165 Å². The highest BCUT2D eigenvalue weighted by molar-refractivity contribution is 8.26. The quantitative estimate of drug-likeness (QED) is 0.0547. The molecule has 13 nitrogen and oxygen atoms in total. The lowest BCUT2D eigenvalue weighted by Gasteiger charge is -2.18. The van der Waals surface area contributed by atoms with Gasteiger partial charge in [-0.2, -0.15) is 0 Å². The van der Waals surface area contributed by atoms with Crippen molar-refractivity contribution in [1.29, 1.82) is 0 Å². The average molecular weight is 940 g/mol. The maximum absolute atomic E-state index is 13.2. The van der Waals surface area contributed by atoms with Crippen LogP contribution < -0.4 is 18.9 Å². The number of hydrogen-bond donors (Lipinski definition) is 3. The van der Waals surface area contributed by atoms with Crippen molar-refractivity contribution in [3.8, 4) is 55.0 Å². The van der Waals surface area contributed by atoms with Crippen molar-refractivity contribution >= 4 is 133 Å². The summed E-state index contributed by atoms with van der Waals surface area (Å²) in [6.45, 7) is 0.347. The Morgan fingerprint density at radius 2 is 1.26 bits per heavy atom. The number of carboxylic acids is 2. The van der Waals surface area contributed by atoms with Gasteiger partial charge in [-0.3, -0.25) is 24.1 Å². The first-order valence-corrected chi connectivity index (χ1v) is 23.1. The molecule has 0 aliphatic carbocycles. The van der Waals surface area contributed by atoms with Gasteiger partial charge in [-0.15, -0.1) is 35.3 Å². The monoisotopic (exact) mass is 939 g/mol. The lowest BCUT2D eigenvalue weighted by molar-refractivity contribution is -0.142. The summed E-state index contributed by atoms with van der Waals surface area (Å²) in [6, 6.07) is 22.2. The fourth-order valence-corrected chi connectivity index (χ4v) is 12.6. The van der Waals surface area contributed by atoms with E-state index in [2.05, 4.69) is 36.9 Å². The zero-order valence-corrected chi connectivity index (χ0v) is 36.8. The highest BCUT2D eigenvalue weighted by Crippen LogP contribution is 2.54. The standard InChI is InChI=1S/C43H29N3O10S6/c47-31(48)18-45-40(51)29(61-42(45)57)16-27-34-36(55-12-10-53-34)38(59-27)21-6-8-25-23(14-21)33(20-4-2-1-3-5-20)24-15-22(7-9-26(24)44-25)39-37-35(54-11-13-56-37)28(60-39)17-30-41(52)46(19-32(49)50)43(58)62-30/h1-9,14-17,42,57H,10-13,18-19H2,(H,47,48)(H,49,50)/b29-16+,30-17+. The molecule has 2 saturated heterocycles. The van der Waals surface area contributed by atoms with Crippen LogP contribution in [0.25, 0.3) is 66.0 Å². The van der Waals surface area contributed by atoms with Crippen LogP contribution in [0.5, 0.6) is 23.0 Å². The summed E-state index contributed by atoms with van der Waals surface area (Å²) in [7, 11) is 0. The van der Waals surface area contributed by atoms with Crippen LogP contribution in [-0.4, -0.2) is 97.3 Å². The molecule has 0 saturated carbocycles. The molecule has 19 heteroatoms. The molecule has 6 aromatic rings. The molecule has 7 heterocycles. The number of aliphatic carboxylic acids is 2. The predicted octanol–water partition coefficient (Wildman–Crippen LogP) is 8.55. The van der Waals surface area contributed by atoms with E-state index < -0.39 is 41.5 Å². The number of benzene rings is 3. The number of thiol groups is 1. The van der Waals surface area contributed by atoms with Crippen molar-refractivity contribution in [1.82, 2.24) is 14.8 Å². The van der Waals surface area contributed by atoms with Gasteiger partial charge in [0.25, 0.3) is 11.8 Å². The van der Waals surface area contributed by atoms with E-state index in [0.29, 0.717) is 69.0 Å². The van der Waals surface area contributed by atoms with Gasteiger partial charge in [0.2, 0.25) is 0 Å². The van der Waals surface area contributed by atoms with Gasteiger partial charge in [-0.05, 0) is 53.1 Å². The first-order valence-electron chi connectivity index (χ1n) is 18.9. The lowest BCUT2D eigenvalue weighted by atomic mass is 9.93. The van der Waals surface area contributed by atoms with E-state index in [0.717, 1.165) is 70.5 Å². The minimum absolute atomic E-state index is 0.174. The lowest BCUT2D eigenvalue weighted by Crippen LogP contribution is -2.34. The summed E-state index contributed by atoms with van der Waals surface area (Å²) >= 11 is 14.8. The van der Waals surface area contributed by atoms with Crippen molar-refractivity contribution in [2.45, 2.75) is 4.71 Å². The molecule has 2 amide bonds. The Morgan fingerprint density at radius 3 is 1.81 bits per heavy atom. The van der Waals surface area contributed by atoms with Gasteiger partial charge in [-0.25, -0.2) is 4.98 Å². The van der Waals surface area contributed by atoms with Crippen LogP contribution in [0.2, 0.25) is 0 Å². The first kappa shape index (κ1) is 40.5. The molecule has 0 bridgehead atoms. The molecule has 3 aromatic heterocycles. The first-order chi connectivity index (χ1) is 30.0. The average Bonchev–Trinajstić information content (AvgIpc) is 3.98. The third kappa shape index (κ3) is 7.25. The van der Waals surface area contributed by atoms with Crippen LogP contribution in [0.1, 0.15) is 9.75 Å². The highest BCUT2D eigenvalue weighted by atomic mass is 32.2. The Bertz CT molecular complexity index is 3000. The van der Waals surface area contributed by atoms with Gasteiger partial charge >= 0.3 is 11.9 Å².